The highest BCUT2D eigenvalue weighted by Gasteiger charge is 2.48. The van der Waals surface area contributed by atoms with E-state index in [-0.39, 0.29) is 29.6 Å². The fourth-order valence-electron chi connectivity index (χ4n) is 4.62. The van der Waals surface area contributed by atoms with Crippen molar-refractivity contribution in [1.29, 1.82) is 0 Å². The number of ether oxygens (including phenoxy) is 2. The molecule has 5 nitrogen and oxygen atoms in total. The Kier molecular flexibility index (Phi) is 5.47. The third-order valence-electron chi connectivity index (χ3n) is 6.16. The van der Waals surface area contributed by atoms with E-state index >= 15 is 0 Å². The summed E-state index contributed by atoms with van der Waals surface area (Å²) in [6.07, 6.45) is 0. The van der Waals surface area contributed by atoms with E-state index in [0.29, 0.717) is 47.5 Å². The van der Waals surface area contributed by atoms with Crippen molar-refractivity contribution in [2.75, 3.05) is 19.8 Å². The van der Waals surface area contributed by atoms with E-state index in [0.717, 1.165) is 5.69 Å². The lowest BCUT2D eigenvalue weighted by atomic mass is 9.85. The normalized spacial score (nSPS) is 21.5. The van der Waals surface area contributed by atoms with Gasteiger partial charge in [0.2, 0.25) is 5.88 Å². The Bertz CT molecular complexity index is 1150. The first-order chi connectivity index (χ1) is 15.5. The van der Waals surface area contributed by atoms with Gasteiger partial charge in [-0.05, 0) is 55.5 Å². The van der Waals surface area contributed by atoms with Crippen LogP contribution in [0.2, 0.25) is 5.02 Å². The zero-order chi connectivity index (χ0) is 22.2. The van der Waals surface area contributed by atoms with Crippen molar-refractivity contribution < 1.29 is 18.7 Å². The van der Waals surface area contributed by atoms with E-state index in [9.17, 15) is 9.18 Å². The summed E-state index contributed by atoms with van der Waals surface area (Å²) in [6, 6.07) is 16.6. The van der Waals surface area contributed by atoms with Crippen LogP contribution in [0.5, 0.6) is 11.6 Å². The van der Waals surface area contributed by atoms with Crippen molar-refractivity contribution in [3.8, 4) is 11.6 Å². The minimum atomic E-state index is -0.351. The number of fused-ring (bicyclic) bond motifs is 3. The van der Waals surface area contributed by atoms with Crippen molar-refractivity contribution >= 4 is 17.5 Å². The molecule has 0 aliphatic carbocycles. The summed E-state index contributed by atoms with van der Waals surface area (Å²) >= 11 is 6.00. The molecule has 1 aromatic heterocycles. The molecule has 3 heterocycles. The topological polar surface area (TPSA) is 51.7 Å². The van der Waals surface area contributed by atoms with Gasteiger partial charge in [-0.15, -0.1) is 0 Å². The SMILES string of the molecule is Cc1cccc(OC[C@@H]2CN(C(=O)c3ccc(Cl)cc3)[C@H]3c4cc(F)ccc4OC[C@@H]23)n1. The number of aryl methyl sites for hydroxylation is 1. The molecule has 0 spiro atoms. The fourth-order valence-corrected chi connectivity index (χ4v) is 4.74. The molecule has 0 radical (unpaired) electrons. The van der Waals surface area contributed by atoms with Crippen LogP contribution in [0.15, 0.2) is 60.7 Å². The van der Waals surface area contributed by atoms with Gasteiger partial charge in [-0.2, -0.15) is 0 Å². The van der Waals surface area contributed by atoms with Gasteiger partial charge in [0, 0.05) is 46.3 Å². The van der Waals surface area contributed by atoms with Crippen LogP contribution in [0.1, 0.15) is 27.7 Å². The second-order valence-corrected chi connectivity index (χ2v) is 8.69. The number of benzene rings is 2. The average Bonchev–Trinajstić information content (AvgIpc) is 3.17. The number of carbonyl (C=O) groups excluding carboxylic acids is 1. The van der Waals surface area contributed by atoms with Crippen LogP contribution in [0.25, 0.3) is 0 Å². The summed E-state index contributed by atoms with van der Waals surface area (Å²) in [7, 11) is 0. The summed E-state index contributed by atoms with van der Waals surface area (Å²) in [5.74, 6) is 0.677. The van der Waals surface area contributed by atoms with E-state index in [1.807, 2.05) is 30.0 Å². The number of amides is 1. The third-order valence-corrected chi connectivity index (χ3v) is 6.41. The summed E-state index contributed by atoms with van der Waals surface area (Å²) in [4.78, 5) is 19.7. The van der Waals surface area contributed by atoms with Gasteiger partial charge in [0.25, 0.3) is 5.91 Å². The summed E-state index contributed by atoms with van der Waals surface area (Å²) in [6.45, 7) is 3.20. The van der Waals surface area contributed by atoms with Crippen molar-refractivity contribution in [2.45, 2.75) is 13.0 Å². The Hall–Kier alpha value is -3.12. The molecule has 2 aliphatic rings. The average molecular weight is 453 g/mol. The van der Waals surface area contributed by atoms with Crippen molar-refractivity contribution in [2.24, 2.45) is 11.8 Å². The van der Waals surface area contributed by atoms with Gasteiger partial charge in [-0.1, -0.05) is 17.7 Å². The number of nitrogens with zero attached hydrogens (tertiary/aromatic N) is 2. The minimum absolute atomic E-state index is 0.00924. The summed E-state index contributed by atoms with van der Waals surface area (Å²) < 4.78 is 26.1. The highest BCUT2D eigenvalue weighted by Crippen LogP contribution is 2.48. The van der Waals surface area contributed by atoms with Gasteiger partial charge >= 0.3 is 0 Å². The zero-order valence-corrected chi connectivity index (χ0v) is 18.3. The lowest BCUT2D eigenvalue weighted by molar-refractivity contribution is 0.0674. The van der Waals surface area contributed by atoms with Gasteiger partial charge in [-0.3, -0.25) is 4.79 Å². The molecule has 3 aromatic rings. The molecule has 0 unspecified atom stereocenters. The van der Waals surface area contributed by atoms with Crippen LogP contribution in [0.3, 0.4) is 0 Å². The smallest absolute Gasteiger partial charge is 0.254 e. The molecule has 32 heavy (non-hydrogen) atoms. The maximum Gasteiger partial charge on any atom is 0.254 e. The molecular formula is C25H22ClFN2O3. The molecule has 0 bridgehead atoms. The summed E-state index contributed by atoms with van der Waals surface area (Å²) in [5.41, 5.74) is 2.11. The van der Waals surface area contributed by atoms with Gasteiger partial charge in [-0.25, -0.2) is 9.37 Å². The first-order valence-electron chi connectivity index (χ1n) is 10.5. The Morgan fingerprint density at radius 2 is 2.03 bits per heavy atom. The van der Waals surface area contributed by atoms with Crippen molar-refractivity contribution in [3.63, 3.8) is 0 Å². The Labute approximate surface area is 190 Å². The van der Waals surface area contributed by atoms with Crippen LogP contribution in [-0.4, -0.2) is 35.5 Å². The van der Waals surface area contributed by atoms with Crippen LogP contribution in [-0.2, 0) is 0 Å². The number of aromatic nitrogens is 1. The van der Waals surface area contributed by atoms with E-state index in [1.165, 1.54) is 12.1 Å². The van der Waals surface area contributed by atoms with Crippen LogP contribution in [0, 0.1) is 24.6 Å². The van der Waals surface area contributed by atoms with E-state index in [4.69, 9.17) is 21.1 Å². The number of halogens is 2. The van der Waals surface area contributed by atoms with Crippen LogP contribution < -0.4 is 9.47 Å². The number of hydrogen-bond acceptors (Lipinski definition) is 4. The minimum Gasteiger partial charge on any atom is -0.493 e. The van der Waals surface area contributed by atoms with Crippen molar-refractivity contribution in [1.82, 2.24) is 9.88 Å². The first-order valence-corrected chi connectivity index (χ1v) is 10.9. The van der Waals surface area contributed by atoms with E-state index in [2.05, 4.69) is 4.98 Å². The van der Waals surface area contributed by atoms with E-state index < -0.39 is 0 Å². The molecule has 5 rings (SSSR count). The second-order valence-electron chi connectivity index (χ2n) is 8.25. The molecule has 0 saturated carbocycles. The number of hydrogen-bond donors (Lipinski definition) is 0. The Morgan fingerprint density at radius 1 is 1.22 bits per heavy atom. The summed E-state index contributed by atoms with van der Waals surface area (Å²) in [5, 5.41) is 0.566. The second kappa shape index (κ2) is 8.43. The van der Waals surface area contributed by atoms with Gasteiger partial charge in [0.1, 0.15) is 11.6 Å². The third kappa shape index (κ3) is 3.91. The Morgan fingerprint density at radius 3 is 2.81 bits per heavy atom. The number of likely N-dealkylation sites (tertiary alicyclic amines) is 1. The monoisotopic (exact) mass is 452 g/mol. The molecular weight excluding hydrogens is 431 g/mol. The van der Waals surface area contributed by atoms with Gasteiger partial charge < -0.3 is 14.4 Å². The molecule has 0 N–H and O–H groups in total. The quantitative estimate of drug-likeness (QED) is 0.553. The molecule has 3 atom stereocenters. The number of pyridine rings is 1. The molecule has 1 saturated heterocycles. The molecule has 2 aromatic carbocycles. The van der Waals surface area contributed by atoms with E-state index in [1.54, 1.807) is 30.3 Å². The predicted octanol–water partition coefficient (Wildman–Crippen LogP) is 5.08. The molecule has 164 valence electrons. The van der Waals surface area contributed by atoms with Gasteiger partial charge in [0.05, 0.1) is 19.3 Å². The maximum atomic E-state index is 14.1. The van der Waals surface area contributed by atoms with Gasteiger partial charge in [0.15, 0.2) is 0 Å². The highest BCUT2D eigenvalue weighted by atomic mass is 35.5. The maximum absolute atomic E-state index is 14.1. The van der Waals surface area contributed by atoms with Crippen molar-refractivity contribution in [3.05, 3.63) is 88.3 Å². The zero-order valence-electron chi connectivity index (χ0n) is 17.5. The van der Waals surface area contributed by atoms with Crippen LogP contribution >= 0.6 is 11.6 Å². The fraction of sp³-hybridized carbons (Fsp3) is 0.280. The molecule has 7 heteroatoms. The van der Waals surface area contributed by atoms with Crippen LogP contribution in [0.4, 0.5) is 4.39 Å². The predicted molar refractivity (Wildman–Crippen MR) is 119 cm³/mol. The number of carbonyl (C=O) groups is 1. The highest BCUT2D eigenvalue weighted by molar-refractivity contribution is 6.30. The standard InChI is InChI=1S/C25H22ClFN2O3/c1-15-3-2-4-23(28-15)32-13-17-12-29(25(30)16-5-7-18(26)8-6-16)24-20-11-19(27)9-10-22(20)31-14-21(17)24/h2-11,17,21,24H,12-14H2,1H3/t17-,21-,24-/m0/s1. The molecule has 2 aliphatic heterocycles. The first kappa shape index (κ1) is 20.8. The lowest BCUT2D eigenvalue weighted by Gasteiger charge is -2.34. The molecule has 1 amide bonds. The Balaban J connectivity index is 1.46. The number of rotatable bonds is 4. The largest absolute Gasteiger partial charge is 0.493 e. The molecule has 1 fully saturated rings. The lowest BCUT2D eigenvalue weighted by Crippen LogP contribution is -2.35.